The zero-order valence-electron chi connectivity index (χ0n) is 7.21. The molecule has 0 bridgehead atoms. The van der Waals surface area contributed by atoms with Gasteiger partial charge in [-0.25, -0.2) is 0 Å². The van der Waals surface area contributed by atoms with E-state index in [2.05, 4.69) is 0 Å². The summed E-state index contributed by atoms with van der Waals surface area (Å²) in [5.74, 6) is -0.286. The van der Waals surface area contributed by atoms with Gasteiger partial charge in [0.05, 0.1) is 5.57 Å². The van der Waals surface area contributed by atoms with Crippen LogP contribution in [0.25, 0.3) is 0 Å². The SMILES string of the molecule is O=CC1=CC(CO)([N+](=O)[O-])CC=C1O. The van der Waals surface area contributed by atoms with E-state index >= 15 is 0 Å². The summed E-state index contributed by atoms with van der Waals surface area (Å²) in [6, 6.07) is 0. The van der Waals surface area contributed by atoms with Crippen molar-refractivity contribution in [1.82, 2.24) is 0 Å². The number of nitrogens with zero attached hydrogens (tertiary/aromatic N) is 1. The lowest BCUT2D eigenvalue weighted by molar-refractivity contribution is -0.558. The Morgan fingerprint density at radius 1 is 1.71 bits per heavy atom. The molecule has 1 rings (SSSR count). The summed E-state index contributed by atoms with van der Waals surface area (Å²) in [4.78, 5) is 20.4. The van der Waals surface area contributed by atoms with Gasteiger partial charge in [0.2, 0.25) is 0 Å². The molecule has 0 aliphatic heterocycles. The number of carbonyl (C=O) groups excluding carboxylic acids is 1. The first-order chi connectivity index (χ1) is 6.55. The molecule has 0 aromatic rings. The minimum Gasteiger partial charge on any atom is -0.508 e. The van der Waals surface area contributed by atoms with Crippen LogP contribution in [0.2, 0.25) is 0 Å². The second kappa shape index (κ2) is 3.59. The van der Waals surface area contributed by atoms with E-state index in [1.165, 1.54) is 0 Å². The van der Waals surface area contributed by atoms with E-state index in [1.54, 1.807) is 0 Å². The normalized spacial score (nSPS) is 26.4. The van der Waals surface area contributed by atoms with Gasteiger partial charge in [-0.15, -0.1) is 0 Å². The quantitative estimate of drug-likeness (QED) is 0.377. The predicted molar refractivity (Wildman–Crippen MR) is 46.3 cm³/mol. The van der Waals surface area contributed by atoms with Crippen molar-refractivity contribution in [2.24, 2.45) is 0 Å². The van der Waals surface area contributed by atoms with Gasteiger partial charge in [-0.2, -0.15) is 0 Å². The number of hydrogen-bond acceptors (Lipinski definition) is 5. The van der Waals surface area contributed by atoms with Gasteiger partial charge in [0, 0.05) is 17.4 Å². The number of carbonyl (C=O) groups is 1. The zero-order valence-corrected chi connectivity index (χ0v) is 7.21. The molecule has 14 heavy (non-hydrogen) atoms. The number of nitro groups is 1. The molecule has 2 N–H and O–H groups in total. The highest BCUT2D eigenvalue weighted by Gasteiger charge is 2.42. The first-order valence-corrected chi connectivity index (χ1v) is 3.88. The second-order valence-electron chi connectivity index (χ2n) is 3.03. The fourth-order valence-corrected chi connectivity index (χ4v) is 1.20. The highest BCUT2D eigenvalue weighted by molar-refractivity contribution is 5.79. The predicted octanol–water partition coefficient (Wildman–Crippen LogP) is -0.0349. The Bertz CT molecular complexity index is 333. The van der Waals surface area contributed by atoms with E-state index < -0.39 is 17.1 Å². The summed E-state index contributed by atoms with van der Waals surface area (Å²) in [6.45, 7) is -0.707. The molecule has 0 amide bonds. The van der Waals surface area contributed by atoms with Crippen LogP contribution in [0.1, 0.15) is 6.42 Å². The van der Waals surface area contributed by atoms with Crippen molar-refractivity contribution < 1.29 is 19.9 Å². The van der Waals surface area contributed by atoms with E-state index in [4.69, 9.17) is 10.2 Å². The van der Waals surface area contributed by atoms with Crippen molar-refractivity contribution in [2.75, 3.05) is 6.61 Å². The van der Waals surface area contributed by atoms with Gasteiger partial charge in [0.1, 0.15) is 12.4 Å². The van der Waals surface area contributed by atoms with Crippen LogP contribution >= 0.6 is 0 Å². The Morgan fingerprint density at radius 3 is 2.79 bits per heavy atom. The van der Waals surface area contributed by atoms with E-state index in [0.29, 0.717) is 6.29 Å². The lowest BCUT2D eigenvalue weighted by atomic mass is 9.89. The molecular weight excluding hydrogens is 190 g/mol. The van der Waals surface area contributed by atoms with E-state index in [1.807, 2.05) is 0 Å². The van der Waals surface area contributed by atoms with Gasteiger partial charge >= 0.3 is 0 Å². The smallest absolute Gasteiger partial charge is 0.267 e. The molecule has 1 aliphatic carbocycles. The fourth-order valence-electron chi connectivity index (χ4n) is 1.20. The van der Waals surface area contributed by atoms with Crippen molar-refractivity contribution in [3.63, 3.8) is 0 Å². The third-order valence-corrected chi connectivity index (χ3v) is 2.13. The van der Waals surface area contributed by atoms with Crippen molar-refractivity contribution in [3.8, 4) is 0 Å². The standard InChI is InChI=1S/C8H9NO5/c10-4-6-3-8(5-11,9(13)14)2-1-7(6)12/h1,3-4,11-12H,2,5H2. The monoisotopic (exact) mass is 199 g/mol. The van der Waals surface area contributed by atoms with Crippen LogP contribution in [0.15, 0.2) is 23.5 Å². The minimum absolute atomic E-state index is 0.125. The van der Waals surface area contributed by atoms with Gasteiger partial charge in [-0.3, -0.25) is 14.9 Å². The summed E-state index contributed by atoms with van der Waals surface area (Å²) in [5.41, 5.74) is -1.84. The average molecular weight is 199 g/mol. The minimum atomic E-state index is -1.68. The first-order valence-electron chi connectivity index (χ1n) is 3.88. The maximum absolute atomic E-state index is 10.6. The van der Waals surface area contributed by atoms with Crippen LogP contribution in [0.4, 0.5) is 0 Å². The average Bonchev–Trinajstić information content (AvgIpc) is 2.18. The Labute approximate surface area is 79.3 Å². The maximum atomic E-state index is 10.6. The molecule has 0 spiro atoms. The molecule has 0 fully saturated rings. The molecule has 0 aromatic heterocycles. The zero-order chi connectivity index (χ0) is 10.8. The van der Waals surface area contributed by atoms with E-state index in [0.717, 1.165) is 12.2 Å². The Balaban J connectivity index is 3.12. The van der Waals surface area contributed by atoms with Gasteiger partial charge in [0.25, 0.3) is 5.54 Å². The Hall–Kier alpha value is -1.69. The van der Waals surface area contributed by atoms with Crippen LogP contribution in [0.3, 0.4) is 0 Å². The lowest BCUT2D eigenvalue weighted by Crippen LogP contribution is -2.41. The summed E-state index contributed by atoms with van der Waals surface area (Å²) in [5, 5.41) is 28.7. The van der Waals surface area contributed by atoms with Crippen LogP contribution < -0.4 is 0 Å². The highest BCUT2D eigenvalue weighted by atomic mass is 16.6. The van der Waals surface area contributed by atoms with Crippen LogP contribution in [0, 0.1) is 10.1 Å². The molecule has 0 heterocycles. The summed E-state index contributed by atoms with van der Waals surface area (Å²) in [7, 11) is 0. The van der Waals surface area contributed by atoms with Crippen LogP contribution in [-0.4, -0.2) is 33.6 Å². The van der Waals surface area contributed by atoms with Gasteiger partial charge in [0.15, 0.2) is 6.29 Å². The highest BCUT2D eigenvalue weighted by Crippen LogP contribution is 2.26. The number of hydrogen-bond donors (Lipinski definition) is 2. The molecular formula is C8H9NO5. The third-order valence-electron chi connectivity index (χ3n) is 2.13. The Morgan fingerprint density at radius 2 is 2.36 bits per heavy atom. The number of aliphatic hydroxyl groups excluding tert-OH is 2. The van der Waals surface area contributed by atoms with Gasteiger partial charge in [-0.05, 0) is 6.08 Å². The summed E-state index contributed by atoms with van der Waals surface area (Å²) in [6.07, 6.45) is 2.33. The molecule has 6 heteroatoms. The first kappa shape index (κ1) is 10.4. The van der Waals surface area contributed by atoms with Gasteiger partial charge in [-0.1, -0.05) is 0 Å². The number of aldehydes is 1. The molecule has 0 aromatic carbocycles. The van der Waals surface area contributed by atoms with Crippen molar-refractivity contribution in [1.29, 1.82) is 0 Å². The summed E-state index contributed by atoms with van der Waals surface area (Å²) >= 11 is 0. The van der Waals surface area contributed by atoms with Gasteiger partial charge < -0.3 is 10.2 Å². The number of allylic oxidation sites excluding steroid dienone is 1. The lowest BCUT2D eigenvalue weighted by Gasteiger charge is -2.21. The van der Waals surface area contributed by atoms with Crippen LogP contribution in [0.5, 0.6) is 0 Å². The maximum Gasteiger partial charge on any atom is 0.267 e. The molecule has 1 aliphatic rings. The molecule has 0 saturated heterocycles. The van der Waals surface area contributed by atoms with Crippen molar-refractivity contribution >= 4 is 6.29 Å². The summed E-state index contributed by atoms with van der Waals surface area (Å²) < 4.78 is 0. The van der Waals surface area contributed by atoms with Crippen molar-refractivity contribution in [2.45, 2.75) is 12.0 Å². The largest absolute Gasteiger partial charge is 0.508 e. The number of rotatable bonds is 3. The van der Waals surface area contributed by atoms with Crippen molar-refractivity contribution in [3.05, 3.63) is 33.6 Å². The molecule has 1 atom stereocenters. The van der Waals surface area contributed by atoms with E-state index in [-0.39, 0.29) is 17.8 Å². The molecule has 76 valence electrons. The number of aliphatic hydroxyl groups is 2. The van der Waals surface area contributed by atoms with Crippen LogP contribution in [-0.2, 0) is 4.79 Å². The third kappa shape index (κ3) is 1.51. The molecule has 0 radical (unpaired) electrons. The Kier molecular flexibility index (Phi) is 2.66. The topological polar surface area (TPSA) is 101 Å². The molecule has 6 nitrogen and oxygen atoms in total. The fraction of sp³-hybridized carbons (Fsp3) is 0.375. The second-order valence-corrected chi connectivity index (χ2v) is 3.03. The molecule has 1 unspecified atom stereocenters. The molecule has 0 saturated carbocycles. The van der Waals surface area contributed by atoms with E-state index in [9.17, 15) is 14.9 Å².